The van der Waals surface area contributed by atoms with Crippen molar-refractivity contribution in [2.75, 3.05) is 33.7 Å². The van der Waals surface area contributed by atoms with Gasteiger partial charge in [0.25, 0.3) is 5.56 Å². The quantitative estimate of drug-likeness (QED) is 0.785. The fourth-order valence-corrected chi connectivity index (χ4v) is 1.69. The van der Waals surface area contributed by atoms with Crippen LogP contribution < -0.4 is 10.9 Å². The van der Waals surface area contributed by atoms with E-state index in [1.54, 1.807) is 16.8 Å². The number of nitrogens with zero attached hydrogens (tertiary/aromatic N) is 2. The standard InChI is InChI=1S/C11H18BrN3O/c1-14(2)8-5-13-6-9-15-7-3-4-10(12)11(15)16/h3-4,7,13H,5-6,8-9H2,1-2H3. The predicted octanol–water partition coefficient (Wildman–Crippen LogP) is 0.762. The van der Waals surface area contributed by atoms with E-state index in [0.717, 1.165) is 19.6 Å². The number of hydrogen-bond acceptors (Lipinski definition) is 3. The molecule has 0 aromatic carbocycles. The van der Waals surface area contributed by atoms with Crippen LogP contribution >= 0.6 is 15.9 Å². The number of aromatic nitrogens is 1. The third-order valence-corrected chi connectivity index (χ3v) is 2.84. The Hall–Kier alpha value is -0.650. The zero-order valence-electron chi connectivity index (χ0n) is 9.74. The van der Waals surface area contributed by atoms with E-state index in [0.29, 0.717) is 11.0 Å². The third-order valence-electron chi connectivity index (χ3n) is 2.24. The van der Waals surface area contributed by atoms with E-state index in [9.17, 15) is 4.79 Å². The maximum absolute atomic E-state index is 11.6. The van der Waals surface area contributed by atoms with E-state index in [1.165, 1.54) is 0 Å². The molecule has 1 rings (SSSR count). The molecular weight excluding hydrogens is 270 g/mol. The van der Waals surface area contributed by atoms with Crippen LogP contribution in [0.4, 0.5) is 0 Å². The molecule has 0 aliphatic heterocycles. The summed E-state index contributed by atoms with van der Waals surface area (Å²) in [5, 5.41) is 3.30. The first-order valence-electron chi connectivity index (χ1n) is 5.31. The van der Waals surface area contributed by atoms with Gasteiger partial charge < -0.3 is 14.8 Å². The molecule has 0 aliphatic rings. The van der Waals surface area contributed by atoms with Crippen molar-refractivity contribution in [3.63, 3.8) is 0 Å². The van der Waals surface area contributed by atoms with Crippen molar-refractivity contribution < 1.29 is 0 Å². The molecule has 0 saturated carbocycles. The van der Waals surface area contributed by atoms with E-state index in [2.05, 4.69) is 26.1 Å². The van der Waals surface area contributed by atoms with Crippen molar-refractivity contribution in [3.05, 3.63) is 33.2 Å². The summed E-state index contributed by atoms with van der Waals surface area (Å²) in [6.07, 6.45) is 1.81. The maximum atomic E-state index is 11.6. The molecule has 4 nitrogen and oxygen atoms in total. The minimum atomic E-state index is 0.0249. The number of halogens is 1. The van der Waals surface area contributed by atoms with Gasteiger partial charge >= 0.3 is 0 Å². The lowest BCUT2D eigenvalue weighted by Gasteiger charge is -2.11. The van der Waals surface area contributed by atoms with Crippen LogP contribution in [0.25, 0.3) is 0 Å². The lowest BCUT2D eigenvalue weighted by molar-refractivity contribution is 0.397. The van der Waals surface area contributed by atoms with Crippen LogP contribution in [-0.4, -0.2) is 43.2 Å². The lowest BCUT2D eigenvalue weighted by atomic mass is 10.4. The molecule has 0 bridgehead atoms. The van der Waals surface area contributed by atoms with Crippen LogP contribution in [-0.2, 0) is 6.54 Å². The second-order valence-electron chi connectivity index (χ2n) is 3.91. The van der Waals surface area contributed by atoms with E-state index in [-0.39, 0.29) is 5.56 Å². The van der Waals surface area contributed by atoms with Crippen molar-refractivity contribution >= 4 is 15.9 Å². The minimum Gasteiger partial charge on any atom is -0.314 e. The zero-order valence-corrected chi connectivity index (χ0v) is 11.3. The number of rotatable bonds is 6. The van der Waals surface area contributed by atoms with Crippen LogP contribution in [0, 0.1) is 0 Å². The molecule has 16 heavy (non-hydrogen) atoms. The number of nitrogens with one attached hydrogen (secondary N) is 1. The van der Waals surface area contributed by atoms with Gasteiger partial charge in [-0.05, 0) is 42.2 Å². The Morgan fingerprint density at radius 2 is 2.19 bits per heavy atom. The third kappa shape index (κ3) is 4.47. The van der Waals surface area contributed by atoms with Gasteiger partial charge in [0.05, 0.1) is 4.47 Å². The molecule has 0 aliphatic carbocycles. The Bertz CT molecular complexity index is 376. The van der Waals surface area contributed by atoms with Crippen LogP contribution in [0.3, 0.4) is 0 Å². The van der Waals surface area contributed by atoms with Crippen LogP contribution in [0.2, 0.25) is 0 Å². The van der Waals surface area contributed by atoms with Gasteiger partial charge in [0.2, 0.25) is 0 Å². The molecule has 90 valence electrons. The summed E-state index contributed by atoms with van der Waals surface area (Å²) < 4.78 is 2.32. The molecule has 0 amide bonds. The largest absolute Gasteiger partial charge is 0.314 e. The zero-order chi connectivity index (χ0) is 12.0. The fraction of sp³-hybridized carbons (Fsp3) is 0.545. The number of likely N-dealkylation sites (N-methyl/N-ethyl adjacent to an activating group) is 1. The first-order chi connectivity index (χ1) is 7.61. The monoisotopic (exact) mass is 287 g/mol. The number of hydrogen-bond donors (Lipinski definition) is 1. The summed E-state index contributed by atoms with van der Waals surface area (Å²) in [5.41, 5.74) is 0.0249. The SMILES string of the molecule is CN(C)CCNCCn1cccc(Br)c1=O. The molecule has 0 fully saturated rings. The second-order valence-corrected chi connectivity index (χ2v) is 4.76. The summed E-state index contributed by atoms with van der Waals surface area (Å²) in [7, 11) is 4.08. The van der Waals surface area contributed by atoms with Crippen molar-refractivity contribution in [1.29, 1.82) is 0 Å². The second kappa shape index (κ2) is 6.83. The van der Waals surface area contributed by atoms with Crippen LogP contribution in [0.15, 0.2) is 27.6 Å². The maximum Gasteiger partial charge on any atom is 0.264 e. The molecule has 0 radical (unpaired) electrons. The molecule has 1 aromatic heterocycles. The van der Waals surface area contributed by atoms with Gasteiger partial charge in [-0.3, -0.25) is 4.79 Å². The van der Waals surface area contributed by atoms with Crippen molar-refractivity contribution in [3.8, 4) is 0 Å². The first kappa shape index (κ1) is 13.4. The van der Waals surface area contributed by atoms with Gasteiger partial charge in [-0.1, -0.05) is 0 Å². The minimum absolute atomic E-state index is 0.0249. The Labute approximate surface area is 104 Å². The summed E-state index contributed by atoms with van der Waals surface area (Å²) in [4.78, 5) is 13.7. The van der Waals surface area contributed by atoms with Gasteiger partial charge in [0.1, 0.15) is 0 Å². The number of pyridine rings is 1. The predicted molar refractivity (Wildman–Crippen MR) is 69.8 cm³/mol. The molecule has 0 saturated heterocycles. The Morgan fingerprint density at radius 3 is 2.88 bits per heavy atom. The Kier molecular flexibility index (Phi) is 5.73. The van der Waals surface area contributed by atoms with E-state index in [4.69, 9.17) is 0 Å². The topological polar surface area (TPSA) is 37.3 Å². The first-order valence-corrected chi connectivity index (χ1v) is 6.11. The van der Waals surface area contributed by atoms with E-state index in [1.807, 2.05) is 20.2 Å². The molecule has 0 atom stereocenters. The highest BCUT2D eigenvalue weighted by Gasteiger charge is 1.98. The molecule has 1 heterocycles. The highest BCUT2D eigenvalue weighted by atomic mass is 79.9. The van der Waals surface area contributed by atoms with Gasteiger partial charge in [0.15, 0.2) is 0 Å². The van der Waals surface area contributed by atoms with E-state index < -0.39 is 0 Å². The summed E-state index contributed by atoms with van der Waals surface area (Å²) in [6, 6.07) is 3.63. The normalized spacial score (nSPS) is 11.0. The Morgan fingerprint density at radius 1 is 1.44 bits per heavy atom. The average Bonchev–Trinajstić information content (AvgIpc) is 2.23. The van der Waals surface area contributed by atoms with Crippen molar-refractivity contribution in [1.82, 2.24) is 14.8 Å². The van der Waals surface area contributed by atoms with Gasteiger partial charge in [-0.25, -0.2) is 0 Å². The molecule has 0 spiro atoms. The highest BCUT2D eigenvalue weighted by molar-refractivity contribution is 9.10. The Balaban J connectivity index is 2.32. The lowest BCUT2D eigenvalue weighted by Crippen LogP contribution is -2.31. The van der Waals surface area contributed by atoms with E-state index >= 15 is 0 Å². The van der Waals surface area contributed by atoms with Crippen molar-refractivity contribution in [2.45, 2.75) is 6.54 Å². The molecule has 0 unspecified atom stereocenters. The van der Waals surface area contributed by atoms with Gasteiger partial charge in [-0.15, -0.1) is 0 Å². The van der Waals surface area contributed by atoms with Crippen molar-refractivity contribution in [2.24, 2.45) is 0 Å². The van der Waals surface area contributed by atoms with Gasteiger partial charge in [-0.2, -0.15) is 0 Å². The molecule has 1 aromatic rings. The summed E-state index contributed by atoms with van der Waals surface area (Å²) in [6.45, 7) is 3.46. The summed E-state index contributed by atoms with van der Waals surface area (Å²) in [5.74, 6) is 0. The van der Waals surface area contributed by atoms with Crippen LogP contribution in [0.5, 0.6) is 0 Å². The fourth-order valence-electron chi connectivity index (χ4n) is 1.31. The van der Waals surface area contributed by atoms with Gasteiger partial charge in [0, 0.05) is 32.4 Å². The van der Waals surface area contributed by atoms with Crippen LogP contribution in [0.1, 0.15) is 0 Å². The smallest absolute Gasteiger partial charge is 0.264 e. The molecule has 5 heteroatoms. The average molecular weight is 288 g/mol. The highest BCUT2D eigenvalue weighted by Crippen LogP contribution is 1.99. The molecular formula is C11H18BrN3O. The molecule has 1 N–H and O–H groups in total. The summed E-state index contributed by atoms with van der Waals surface area (Å²) >= 11 is 3.23.